The van der Waals surface area contributed by atoms with E-state index in [4.69, 9.17) is 9.47 Å². The molecule has 1 fully saturated rings. The number of aromatic nitrogens is 3. The molecule has 0 saturated carbocycles. The van der Waals surface area contributed by atoms with Crippen LogP contribution in [0.1, 0.15) is 23.3 Å². The highest BCUT2D eigenvalue weighted by atomic mass is 19.4. The maximum absolute atomic E-state index is 15.2. The molecular weight excluding hydrogens is 610 g/mol. The first-order chi connectivity index (χ1) is 22.0. The largest absolute Gasteiger partial charge is 0.495 e. The number of carbonyl (C=O) groups is 2. The number of nitrogens with zero attached hydrogens (tertiary/aromatic N) is 4. The summed E-state index contributed by atoms with van der Waals surface area (Å²) >= 11 is 0. The van der Waals surface area contributed by atoms with Crippen molar-refractivity contribution in [1.29, 1.82) is 0 Å². The maximum Gasteiger partial charge on any atom is 0.405 e. The monoisotopic (exact) mass is 639 g/mol. The Morgan fingerprint density at radius 3 is 2.50 bits per heavy atom. The van der Waals surface area contributed by atoms with Crippen molar-refractivity contribution in [2.24, 2.45) is 0 Å². The first-order valence-electron chi connectivity index (χ1n) is 14.1. The minimum Gasteiger partial charge on any atom is -0.495 e. The lowest BCUT2D eigenvalue weighted by Gasteiger charge is -2.32. The van der Waals surface area contributed by atoms with Gasteiger partial charge in [-0.15, -0.1) is 0 Å². The number of hydrogen-bond acceptors (Lipinski definition) is 9. The maximum atomic E-state index is 15.2. The zero-order valence-corrected chi connectivity index (χ0v) is 24.5. The third-order valence-corrected chi connectivity index (χ3v) is 7.14. The van der Waals surface area contributed by atoms with Gasteiger partial charge in [0.1, 0.15) is 47.4 Å². The van der Waals surface area contributed by atoms with Gasteiger partial charge in [-0.3, -0.25) is 14.6 Å². The lowest BCUT2D eigenvalue weighted by Crippen LogP contribution is -2.41. The smallest absolute Gasteiger partial charge is 0.405 e. The SMILES string of the molecule is C=CC(=O)N1CCC(Nc2cc3c(Nc4ccc(Oc5ccnc(C(=O)NCC(F)(F)F)c5)cc4F)ncnc3cc2OC)CC1. The molecule has 3 N–H and O–H groups in total. The molecule has 0 atom stereocenters. The van der Waals surface area contributed by atoms with Crippen molar-refractivity contribution >= 4 is 39.9 Å². The number of hydrogen-bond donors (Lipinski definition) is 3. The number of benzene rings is 2. The van der Waals surface area contributed by atoms with Gasteiger partial charge in [-0.05, 0) is 43.2 Å². The van der Waals surface area contributed by atoms with Crippen molar-refractivity contribution < 1.29 is 36.6 Å². The van der Waals surface area contributed by atoms with Crippen LogP contribution in [0.25, 0.3) is 10.9 Å². The van der Waals surface area contributed by atoms with Crippen LogP contribution in [0.5, 0.6) is 17.2 Å². The summed E-state index contributed by atoms with van der Waals surface area (Å²) in [6.07, 6.45) is 0.713. The molecule has 0 aliphatic carbocycles. The van der Waals surface area contributed by atoms with E-state index in [9.17, 15) is 22.8 Å². The van der Waals surface area contributed by atoms with Gasteiger partial charge in [-0.25, -0.2) is 14.4 Å². The standard InChI is InChI=1S/C31H29F4N7O4/c1-3-28(43)42-10-7-18(8-11-42)40-25-14-21-24(15-27(25)45-2)38-17-39-29(21)41-23-5-4-19(12-22(23)32)46-20-6-9-36-26(13-20)30(44)37-16-31(33,34)35/h3-6,9,12-15,17-18,40H,1,7-8,10-11,16H2,2H3,(H,37,44)(H,38,39,41). The van der Waals surface area contributed by atoms with Crippen LogP contribution in [0.4, 0.5) is 34.8 Å². The van der Waals surface area contributed by atoms with E-state index in [0.29, 0.717) is 41.2 Å². The predicted octanol–water partition coefficient (Wildman–Crippen LogP) is 5.59. The Hall–Kier alpha value is -5.47. The average molecular weight is 640 g/mol. The third kappa shape index (κ3) is 7.78. The second-order valence-corrected chi connectivity index (χ2v) is 10.3. The van der Waals surface area contributed by atoms with Gasteiger partial charge in [0.25, 0.3) is 5.91 Å². The Kier molecular flexibility index (Phi) is 9.49. The molecule has 2 amide bonds. The quantitative estimate of drug-likeness (QED) is 0.150. The van der Waals surface area contributed by atoms with Gasteiger partial charge >= 0.3 is 6.18 Å². The summed E-state index contributed by atoms with van der Waals surface area (Å²) < 4.78 is 63.8. The second kappa shape index (κ2) is 13.7. The third-order valence-electron chi connectivity index (χ3n) is 7.14. The summed E-state index contributed by atoms with van der Waals surface area (Å²) in [4.78, 5) is 38.1. The van der Waals surface area contributed by atoms with Crippen LogP contribution >= 0.6 is 0 Å². The van der Waals surface area contributed by atoms with E-state index in [0.717, 1.165) is 25.0 Å². The van der Waals surface area contributed by atoms with Crippen LogP contribution < -0.4 is 25.4 Å². The lowest BCUT2D eigenvalue weighted by molar-refractivity contribution is -0.127. The van der Waals surface area contributed by atoms with Crippen LogP contribution in [-0.2, 0) is 4.79 Å². The Morgan fingerprint density at radius 2 is 1.80 bits per heavy atom. The van der Waals surface area contributed by atoms with E-state index < -0.39 is 24.4 Å². The number of anilines is 3. The molecule has 240 valence electrons. The van der Waals surface area contributed by atoms with Crippen LogP contribution in [0.3, 0.4) is 0 Å². The van der Waals surface area contributed by atoms with E-state index in [2.05, 4.69) is 32.2 Å². The fourth-order valence-electron chi connectivity index (χ4n) is 4.85. The number of alkyl halides is 3. The summed E-state index contributed by atoms with van der Waals surface area (Å²) in [6.45, 7) is 3.22. The number of fused-ring (bicyclic) bond motifs is 1. The highest BCUT2D eigenvalue weighted by molar-refractivity contribution is 5.95. The van der Waals surface area contributed by atoms with Gasteiger partial charge in [0, 0.05) is 48.9 Å². The van der Waals surface area contributed by atoms with Crippen molar-refractivity contribution in [2.75, 3.05) is 37.4 Å². The average Bonchev–Trinajstić information content (AvgIpc) is 3.04. The normalized spacial score (nSPS) is 13.6. The highest BCUT2D eigenvalue weighted by Gasteiger charge is 2.28. The Labute approximate surface area is 260 Å². The van der Waals surface area contributed by atoms with Crippen molar-refractivity contribution in [3.8, 4) is 17.2 Å². The van der Waals surface area contributed by atoms with Crippen LogP contribution in [0.15, 0.2) is 67.6 Å². The van der Waals surface area contributed by atoms with Gasteiger partial charge in [0.05, 0.1) is 24.0 Å². The van der Waals surface area contributed by atoms with Gasteiger partial charge in [-0.2, -0.15) is 13.2 Å². The van der Waals surface area contributed by atoms with Crippen LogP contribution in [0.2, 0.25) is 0 Å². The molecule has 1 aliphatic rings. The molecular formula is C31H29F4N7O4. The minimum atomic E-state index is -4.58. The number of halogens is 4. The Bertz CT molecular complexity index is 1760. The van der Waals surface area contributed by atoms with Crippen LogP contribution in [-0.4, -0.2) is 70.6 Å². The van der Waals surface area contributed by atoms with E-state index in [1.165, 1.54) is 36.8 Å². The van der Waals surface area contributed by atoms with Crippen molar-refractivity contribution in [2.45, 2.75) is 25.1 Å². The van der Waals surface area contributed by atoms with Gasteiger partial charge in [0.15, 0.2) is 0 Å². The summed E-state index contributed by atoms with van der Waals surface area (Å²) in [5.74, 6) is -0.784. The molecule has 3 heterocycles. The molecule has 2 aromatic heterocycles. The Morgan fingerprint density at radius 1 is 1.04 bits per heavy atom. The van der Waals surface area contributed by atoms with E-state index in [1.54, 1.807) is 23.4 Å². The first kappa shape index (κ1) is 31.9. The molecule has 1 saturated heterocycles. The predicted molar refractivity (Wildman–Crippen MR) is 162 cm³/mol. The number of methoxy groups -OCH3 is 1. The van der Waals surface area contributed by atoms with Gasteiger partial charge in [0.2, 0.25) is 5.91 Å². The fourth-order valence-corrected chi connectivity index (χ4v) is 4.85. The van der Waals surface area contributed by atoms with E-state index >= 15 is 4.39 Å². The number of piperidine rings is 1. The second-order valence-electron chi connectivity index (χ2n) is 10.3. The van der Waals surface area contributed by atoms with Crippen molar-refractivity contribution in [3.63, 3.8) is 0 Å². The number of ether oxygens (including phenoxy) is 2. The molecule has 46 heavy (non-hydrogen) atoms. The van der Waals surface area contributed by atoms with Gasteiger partial charge in [-0.1, -0.05) is 6.58 Å². The molecule has 15 heteroatoms. The molecule has 11 nitrogen and oxygen atoms in total. The molecule has 0 radical (unpaired) electrons. The molecule has 0 bridgehead atoms. The number of likely N-dealkylation sites (tertiary alicyclic amines) is 1. The highest BCUT2D eigenvalue weighted by Crippen LogP contribution is 2.35. The molecule has 1 aliphatic heterocycles. The molecule has 4 aromatic rings. The molecule has 0 unspecified atom stereocenters. The molecule has 0 spiro atoms. The number of nitrogens with one attached hydrogen (secondary N) is 3. The number of rotatable bonds is 10. The zero-order valence-electron chi connectivity index (χ0n) is 24.5. The lowest BCUT2D eigenvalue weighted by atomic mass is 10.0. The minimum absolute atomic E-state index is 0.0699. The number of amides is 2. The Balaban J connectivity index is 1.31. The first-order valence-corrected chi connectivity index (χ1v) is 14.1. The van der Waals surface area contributed by atoms with E-state index in [1.807, 2.05) is 6.07 Å². The number of carbonyl (C=O) groups excluding carboxylic acids is 2. The van der Waals surface area contributed by atoms with Crippen LogP contribution in [0, 0.1) is 5.82 Å². The summed E-state index contributed by atoms with van der Waals surface area (Å²) in [7, 11) is 1.55. The zero-order chi connectivity index (χ0) is 32.8. The summed E-state index contributed by atoms with van der Waals surface area (Å²) in [5, 5.41) is 8.80. The molecule has 5 rings (SSSR count). The topological polar surface area (TPSA) is 131 Å². The fraction of sp³-hybridized carbons (Fsp3) is 0.258. The summed E-state index contributed by atoms with van der Waals surface area (Å²) in [5.41, 5.74) is 1.03. The summed E-state index contributed by atoms with van der Waals surface area (Å²) in [6, 6.07) is 10.2. The van der Waals surface area contributed by atoms with Gasteiger partial charge < -0.3 is 30.3 Å². The molecule has 2 aromatic carbocycles. The van der Waals surface area contributed by atoms with Crippen molar-refractivity contribution in [3.05, 3.63) is 79.2 Å². The number of pyridine rings is 1. The van der Waals surface area contributed by atoms with E-state index in [-0.39, 0.29) is 34.8 Å². The van der Waals surface area contributed by atoms with Crippen molar-refractivity contribution in [1.82, 2.24) is 25.2 Å².